The fourth-order valence-corrected chi connectivity index (χ4v) is 5.53. The van der Waals surface area contributed by atoms with Gasteiger partial charge in [0.1, 0.15) is 0 Å². The van der Waals surface area contributed by atoms with E-state index in [1.807, 2.05) is 4.90 Å². The molecule has 0 aromatic heterocycles. The molecule has 0 spiro atoms. The van der Waals surface area contributed by atoms with Crippen molar-refractivity contribution >= 4 is 29.3 Å². The van der Waals surface area contributed by atoms with Crippen LogP contribution in [-0.4, -0.2) is 78.1 Å². The van der Waals surface area contributed by atoms with E-state index in [4.69, 9.17) is 0 Å². The van der Waals surface area contributed by atoms with Crippen molar-refractivity contribution in [2.75, 3.05) is 45.1 Å². The van der Waals surface area contributed by atoms with Crippen molar-refractivity contribution in [2.24, 2.45) is 11.8 Å². The molecule has 36 heavy (non-hydrogen) atoms. The van der Waals surface area contributed by atoms with Gasteiger partial charge >= 0.3 is 0 Å². The molecule has 1 saturated heterocycles. The first-order valence-electron chi connectivity index (χ1n) is 12.8. The molecule has 188 valence electrons. The molecule has 8 nitrogen and oxygen atoms in total. The number of anilines is 1. The number of carbonyl (C=O) groups is 4. The SMILES string of the molecule is CN1CCN(C(=O)c2ccc(NC(=O)C3CCCCC3CN3C(=O)c4ccccc4C3=O)cc2)CC1. The summed E-state index contributed by atoms with van der Waals surface area (Å²) in [7, 11) is 2.05. The molecule has 2 aromatic carbocycles. The monoisotopic (exact) mass is 488 g/mol. The van der Waals surface area contributed by atoms with Gasteiger partial charge in [0, 0.05) is 49.9 Å². The number of amides is 4. The van der Waals surface area contributed by atoms with Crippen LogP contribution in [0.15, 0.2) is 48.5 Å². The lowest BCUT2D eigenvalue weighted by Gasteiger charge is -2.33. The van der Waals surface area contributed by atoms with Crippen LogP contribution in [0.1, 0.15) is 56.8 Å². The summed E-state index contributed by atoms with van der Waals surface area (Å²) in [5.74, 6) is -1.01. The first-order valence-corrected chi connectivity index (χ1v) is 12.8. The van der Waals surface area contributed by atoms with Crippen LogP contribution in [0.3, 0.4) is 0 Å². The van der Waals surface area contributed by atoms with Crippen molar-refractivity contribution in [3.63, 3.8) is 0 Å². The molecule has 2 aliphatic heterocycles. The third-order valence-corrected chi connectivity index (χ3v) is 7.73. The fraction of sp³-hybridized carbons (Fsp3) is 0.429. The number of nitrogens with zero attached hydrogens (tertiary/aromatic N) is 3. The van der Waals surface area contributed by atoms with Crippen LogP contribution < -0.4 is 5.32 Å². The van der Waals surface area contributed by atoms with Gasteiger partial charge in [0.05, 0.1) is 11.1 Å². The predicted octanol–water partition coefficient (Wildman–Crippen LogP) is 3.12. The zero-order chi connectivity index (χ0) is 25.2. The molecule has 2 unspecified atom stereocenters. The smallest absolute Gasteiger partial charge is 0.261 e. The van der Waals surface area contributed by atoms with Gasteiger partial charge in [-0.1, -0.05) is 25.0 Å². The molecule has 2 atom stereocenters. The van der Waals surface area contributed by atoms with Crippen molar-refractivity contribution in [3.8, 4) is 0 Å². The van der Waals surface area contributed by atoms with Crippen LogP contribution in [0.25, 0.3) is 0 Å². The topological polar surface area (TPSA) is 90.0 Å². The van der Waals surface area contributed by atoms with E-state index >= 15 is 0 Å². The lowest BCUT2D eigenvalue weighted by atomic mass is 9.78. The van der Waals surface area contributed by atoms with Gasteiger partial charge < -0.3 is 15.1 Å². The van der Waals surface area contributed by atoms with E-state index in [-0.39, 0.29) is 42.0 Å². The van der Waals surface area contributed by atoms with Gasteiger partial charge in [0.2, 0.25) is 5.91 Å². The van der Waals surface area contributed by atoms with Crippen LogP contribution in [0.4, 0.5) is 5.69 Å². The number of benzene rings is 2. The minimum atomic E-state index is -0.283. The van der Waals surface area contributed by atoms with Gasteiger partial charge in [-0.2, -0.15) is 0 Å². The van der Waals surface area contributed by atoms with Gasteiger partial charge in [-0.05, 0) is 62.2 Å². The summed E-state index contributed by atoms with van der Waals surface area (Å²) in [6.07, 6.45) is 3.43. The average Bonchev–Trinajstić information content (AvgIpc) is 3.14. The predicted molar refractivity (Wildman–Crippen MR) is 136 cm³/mol. The number of rotatable bonds is 5. The number of piperazine rings is 1. The number of hydrogen-bond acceptors (Lipinski definition) is 5. The fourth-order valence-electron chi connectivity index (χ4n) is 5.53. The van der Waals surface area contributed by atoms with E-state index in [1.54, 1.807) is 48.5 Å². The average molecular weight is 489 g/mol. The number of fused-ring (bicyclic) bond motifs is 1. The minimum absolute atomic E-state index is 0.00858. The van der Waals surface area contributed by atoms with Gasteiger partial charge in [-0.25, -0.2) is 0 Å². The van der Waals surface area contributed by atoms with E-state index in [2.05, 4.69) is 17.3 Å². The van der Waals surface area contributed by atoms with E-state index in [0.717, 1.165) is 38.8 Å². The Morgan fingerprint density at radius 2 is 1.47 bits per heavy atom. The largest absolute Gasteiger partial charge is 0.336 e. The van der Waals surface area contributed by atoms with Crippen molar-refractivity contribution in [1.82, 2.24) is 14.7 Å². The molecule has 5 rings (SSSR count). The summed E-state index contributed by atoms with van der Waals surface area (Å²) < 4.78 is 0. The highest BCUT2D eigenvalue weighted by atomic mass is 16.2. The Hall–Kier alpha value is -3.52. The number of imide groups is 1. The lowest BCUT2D eigenvalue weighted by molar-refractivity contribution is -0.122. The molecular weight excluding hydrogens is 456 g/mol. The first-order chi connectivity index (χ1) is 17.4. The van der Waals surface area contributed by atoms with E-state index in [9.17, 15) is 19.2 Å². The summed E-state index contributed by atoms with van der Waals surface area (Å²) in [5.41, 5.74) is 2.12. The molecule has 2 aromatic rings. The second-order valence-corrected chi connectivity index (χ2v) is 10.1. The van der Waals surface area contributed by atoms with E-state index in [1.165, 1.54) is 4.90 Å². The van der Waals surface area contributed by atoms with Crippen LogP contribution >= 0.6 is 0 Å². The van der Waals surface area contributed by atoms with Crippen LogP contribution in [-0.2, 0) is 4.79 Å². The number of hydrogen-bond donors (Lipinski definition) is 1. The zero-order valence-corrected chi connectivity index (χ0v) is 20.6. The Labute approximate surface area is 211 Å². The Morgan fingerprint density at radius 3 is 2.11 bits per heavy atom. The van der Waals surface area contributed by atoms with Crippen LogP contribution in [0.5, 0.6) is 0 Å². The maximum absolute atomic E-state index is 13.3. The number of nitrogens with one attached hydrogen (secondary N) is 1. The quantitative estimate of drug-likeness (QED) is 0.654. The first kappa shape index (κ1) is 24.2. The summed E-state index contributed by atoms with van der Waals surface area (Å²) in [6, 6.07) is 13.9. The number of likely N-dealkylation sites (N-methyl/N-ethyl adjacent to an activating group) is 1. The van der Waals surface area contributed by atoms with Crippen molar-refractivity contribution < 1.29 is 19.2 Å². The Morgan fingerprint density at radius 1 is 0.861 bits per heavy atom. The van der Waals surface area contributed by atoms with Crippen molar-refractivity contribution in [2.45, 2.75) is 25.7 Å². The molecule has 3 aliphatic rings. The zero-order valence-electron chi connectivity index (χ0n) is 20.6. The number of carbonyl (C=O) groups excluding carboxylic acids is 4. The molecule has 1 saturated carbocycles. The van der Waals surface area contributed by atoms with Crippen molar-refractivity contribution in [3.05, 3.63) is 65.2 Å². The van der Waals surface area contributed by atoms with Gasteiger partial charge in [0.15, 0.2) is 0 Å². The third-order valence-electron chi connectivity index (χ3n) is 7.73. The summed E-state index contributed by atoms with van der Waals surface area (Å²) in [4.78, 5) is 57.1. The standard InChI is InChI=1S/C28H32N4O4/c1-30-14-16-31(17-15-30)26(34)19-10-12-21(13-11-19)29-25(33)22-7-3-2-6-20(22)18-32-27(35)23-8-4-5-9-24(23)28(32)36/h4-5,8-13,20,22H,2-3,6-7,14-18H2,1H3,(H,29,33). The normalized spacial score (nSPS) is 22.5. The Kier molecular flexibility index (Phi) is 6.87. The van der Waals surface area contributed by atoms with Gasteiger partial charge in [-0.3, -0.25) is 24.1 Å². The van der Waals surface area contributed by atoms with Gasteiger partial charge in [0.25, 0.3) is 17.7 Å². The molecule has 0 radical (unpaired) electrons. The molecule has 2 fully saturated rings. The highest BCUT2D eigenvalue weighted by molar-refractivity contribution is 6.21. The molecule has 0 bridgehead atoms. The lowest BCUT2D eigenvalue weighted by Crippen LogP contribution is -2.47. The van der Waals surface area contributed by atoms with Crippen LogP contribution in [0.2, 0.25) is 0 Å². The summed E-state index contributed by atoms with van der Waals surface area (Å²) in [5, 5.41) is 3.00. The highest BCUT2D eigenvalue weighted by Crippen LogP contribution is 2.34. The minimum Gasteiger partial charge on any atom is -0.336 e. The molecule has 8 heteroatoms. The Bertz CT molecular complexity index is 1140. The highest BCUT2D eigenvalue weighted by Gasteiger charge is 2.40. The van der Waals surface area contributed by atoms with E-state index in [0.29, 0.717) is 35.5 Å². The second-order valence-electron chi connectivity index (χ2n) is 10.1. The second kappa shape index (κ2) is 10.2. The molecule has 1 aliphatic carbocycles. The maximum atomic E-state index is 13.3. The third kappa shape index (κ3) is 4.78. The Balaban J connectivity index is 1.22. The molecule has 2 heterocycles. The van der Waals surface area contributed by atoms with E-state index < -0.39 is 0 Å². The van der Waals surface area contributed by atoms with Gasteiger partial charge in [-0.15, -0.1) is 0 Å². The molecular formula is C28H32N4O4. The summed E-state index contributed by atoms with van der Waals surface area (Å²) >= 11 is 0. The van der Waals surface area contributed by atoms with Crippen LogP contribution in [0, 0.1) is 11.8 Å². The summed E-state index contributed by atoms with van der Waals surface area (Å²) in [6.45, 7) is 3.41. The molecule has 1 N–H and O–H groups in total. The maximum Gasteiger partial charge on any atom is 0.261 e. The molecule has 4 amide bonds. The van der Waals surface area contributed by atoms with Crippen molar-refractivity contribution in [1.29, 1.82) is 0 Å².